The van der Waals surface area contributed by atoms with Gasteiger partial charge in [-0.3, -0.25) is 0 Å². The number of hydrogen-bond donors (Lipinski definition) is 1. The minimum atomic E-state index is -0.463. The largest absolute Gasteiger partial charge is 0.378 e. The molecule has 2 aromatic heterocycles. The molecule has 0 bridgehead atoms. The van der Waals surface area contributed by atoms with Gasteiger partial charge in [0.05, 0.1) is 18.9 Å². The standard InChI is InChI=1S/C24H23F2N7O/c1-15-28-16(2)33(31-15)23-4-3-19(14-21(23)26)29-24-27-6-5-22(30-24)17-11-18(25)13-20(12-17)32-7-9-34-10-8-32/h3-6,11-14H,7-10H2,1-2H3,(H,27,29,30). The van der Waals surface area contributed by atoms with E-state index in [-0.39, 0.29) is 11.8 Å². The van der Waals surface area contributed by atoms with Crippen LogP contribution < -0.4 is 10.2 Å². The van der Waals surface area contributed by atoms with Crippen molar-refractivity contribution < 1.29 is 13.5 Å². The molecule has 10 heteroatoms. The molecule has 0 saturated carbocycles. The Hall–Kier alpha value is -3.92. The van der Waals surface area contributed by atoms with Crippen molar-refractivity contribution in [2.75, 3.05) is 36.5 Å². The zero-order valence-electron chi connectivity index (χ0n) is 18.8. The Balaban J connectivity index is 1.39. The zero-order valence-corrected chi connectivity index (χ0v) is 18.8. The van der Waals surface area contributed by atoms with Gasteiger partial charge in [-0.1, -0.05) is 0 Å². The van der Waals surface area contributed by atoms with E-state index in [1.54, 1.807) is 38.2 Å². The minimum absolute atomic E-state index is 0.273. The lowest BCUT2D eigenvalue weighted by Gasteiger charge is -2.29. The summed E-state index contributed by atoms with van der Waals surface area (Å²) >= 11 is 0. The molecule has 1 fully saturated rings. The number of aromatic nitrogens is 5. The first kappa shape index (κ1) is 21.9. The average Bonchev–Trinajstić information content (AvgIpc) is 3.17. The molecule has 1 aliphatic heterocycles. The van der Waals surface area contributed by atoms with Crippen LogP contribution in [0.4, 0.5) is 26.1 Å². The van der Waals surface area contributed by atoms with E-state index in [0.717, 1.165) is 5.69 Å². The van der Waals surface area contributed by atoms with E-state index in [1.807, 2.05) is 6.07 Å². The van der Waals surface area contributed by atoms with Crippen LogP contribution in [0.25, 0.3) is 16.9 Å². The molecule has 0 amide bonds. The van der Waals surface area contributed by atoms with Gasteiger partial charge in [-0.15, -0.1) is 0 Å². The van der Waals surface area contributed by atoms with Crippen molar-refractivity contribution >= 4 is 17.3 Å². The Morgan fingerprint density at radius 3 is 2.53 bits per heavy atom. The summed E-state index contributed by atoms with van der Waals surface area (Å²) in [6, 6.07) is 11.2. The summed E-state index contributed by atoms with van der Waals surface area (Å²) in [6.45, 7) is 6.15. The van der Waals surface area contributed by atoms with Crippen LogP contribution in [0, 0.1) is 25.5 Å². The highest BCUT2D eigenvalue weighted by molar-refractivity contribution is 5.67. The highest BCUT2D eigenvalue weighted by Gasteiger charge is 2.15. The first-order valence-corrected chi connectivity index (χ1v) is 10.9. The molecule has 4 aromatic rings. The van der Waals surface area contributed by atoms with Gasteiger partial charge in [0.15, 0.2) is 5.82 Å². The smallest absolute Gasteiger partial charge is 0.227 e. The fourth-order valence-corrected chi connectivity index (χ4v) is 3.94. The van der Waals surface area contributed by atoms with Crippen molar-refractivity contribution in [2.24, 2.45) is 0 Å². The van der Waals surface area contributed by atoms with Crippen LogP contribution in [0.5, 0.6) is 0 Å². The highest BCUT2D eigenvalue weighted by atomic mass is 19.1. The average molecular weight is 463 g/mol. The highest BCUT2D eigenvalue weighted by Crippen LogP contribution is 2.27. The Morgan fingerprint density at radius 2 is 1.79 bits per heavy atom. The van der Waals surface area contributed by atoms with Gasteiger partial charge in [-0.25, -0.2) is 28.4 Å². The number of benzene rings is 2. The van der Waals surface area contributed by atoms with Crippen LogP contribution in [0.2, 0.25) is 0 Å². The second-order valence-electron chi connectivity index (χ2n) is 7.97. The Bertz CT molecular complexity index is 1330. The molecular weight excluding hydrogens is 440 g/mol. The van der Waals surface area contributed by atoms with Crippen LogP contribution in [0.1, 0.15) is 11.6 Å². The van der Waals surface area contributed by atoms with Crippen molar-refractivity contribution in [3.8, 4) is 16.9 Å². The van der Waals surface area contributed by atoms with E-state index in [4.69, 9.17) is 4.74 Å². The molecule has 2 aromatic carbocycles. The zero-order chi connectivity index (χ0) is 23.7. The van der Waals surface area contributed by atoms with Crippen molar-refractivity contribution in [2.45, 2.75) is 13.8 Å². The third-order valence-electron chi connectivity index (χ3n) is 5.52. The maximum absolute atomic E-state index is 14.8. The summed E-state index contributed by atoms with van der Waals surface area (Å²) in [5.41, 5.74) is 2.74. The fourth-order valence-electron chi connectivity index (χ4n) is 3.94. The van der Waals surface area contributed by atoms with E-state index < -0.39 is 5.82 Å². The van der Waals surface area contributed by atoms with Crippen LogP contribution in [0.15, 0.2) is 48.7 Å². The molecule has 1 N–H and O–H groups in total. The maximum Gasteiger partial charge on any atom is 0.227 e. The number of nitrogens with zero attached hydrogens (tertiary/aromatic N) is 6. The number of aryl methyl sites for hydroxylation is 2. The summed E-state index contributed by atoms with van der Waals surface area (Å²) in [7, 11) is 0. The number of nitrogens with one attached hydrogen (secondary N) is 1. The molecule has 34 heavy (non-hydrogen) atoms. The molecule has 5 rings (SSSR count). The molecule has 0 radical (unpaired) electrons. The SMILES string of the molecule is Cc1nc(C)n(-c2ccc(Nc3nccc(-c4cc(F)cc(N5CCOCC5)c4)n3)cc2F)n1. The summed E-state index contributed by atoms with van der Waals surface area (Å²) in [5.74, 6) is 0.630. The van der Waals surface area contributed by atoms with Gasteiger partial charge in [-0.2, -0.15) is 5.10 Å². The quantitative estimate of drug-likeness (QED) is 0.475. The van der Waals surface area contributed by atoms with Crippen molar-refractivity contribution in [1.29, 1.82) is 0 Å². The van der Waals surface area contributed by atoms with E-state index in [2.05, 4.69) is 30.3 Å². The number of ether oxygens (including phenoxy) is 1. The van der Waals surface area contributed by atoms with Crippen LogP contribution in [-0.2, 0) is 4.74 Å². The van der Waals surface area contributed by atoms with Gasteiger partial charge in [0.2, 0.25) is 5.95 Å². The van der Waals surface area contributed by atoms with Gasteiger partial charge >= 0.3 is 0 Å². The molecule has 0 spiro atoms. The van der Waals surface area contributed by atoms with Gasteiger partial charge in [0.25, 0.3) is 0 Å². The molecule has 1 aliphatic rings. The molecule has 0 aliphatic carbocycles. The minimum Gasteiger partial charge on any atom is -0.378 e. The first-order chi connectivity index (χ1) is 16.5. The van der Waals surface area contributed by atoms with Crippen LogP contribution >= 0.6 is 0 Å². The lowest BCUT2D eigenvalue weighted by atomic mass is 10.1. The van der Waals surface area contributed by atoms with Gasteiger partial charge < -0.3 is 15.0 Å². The van der Waals surface area contributed by atoms with E-state index >= 15 is 0 Å². The Labute approximate surface area is 195 Å². The fraction of sp³-hybridized carbons (Fsp3) is 0.250. The van der Waals surface area contributed by atoms with E-state index in [1.165, 1.54) is 22.9 Å². The maximum atomic E-state index is 14.8. The summed E-state index contributed by atoms with van der Waals surface area (Å²) in [5, 5.41) is 7.25. The van der Waals surface area contributed by atoms with E-state index in [9.17, 15) is 8.78 Å². The molecular formula is C24H23F2N7O. The second kappa shape index (κ2) is 9.14. The van der Waals surface area contributed by atoms with Crippen LogP contribution in [0.3, 0.4) is 0 Å². The lowest BCUT2D eigenvalue weighted by Crippen LogP contribution is -2.36. The monoisotopic (exact) mass is 463 g/mol. The predicted octanol–water partition coefficient (Wildman–Crippen LogP) is 4.20. The topological polar surface area (TPSA) is 81.0 Å². The molecule has 174 valence electrons. The Morgan fingerprint density at radius 1 is 0.971 bits per heavy atom. The van der Waals surface area contributed by atoms with E-state index in [0.29, 0.717) is 60.6 Å². The predicted molar refractivity (Wildman–Crippen MR) is 125 cm³/mol. The second-order valence-corrected chi connectivity index (χ2v) is 7.97. The number of halogens is 2. The number of morpholine rings is 1. The van der Waals surface area contributed by atoms with Crippen molar-refractivity contribution in [1.82, 2.24) is 24.7 Å². The first-order valence-electron chi connectivity index (χ1n) is 10.9. The molecule has 0 unspecified atom stereocenters. The molecule has 1 saturated heterocycles. The third-order valence-corrected chi connectivity index (χ3v) is 5.52. The summed E-state index contributed by atoms with van der Waals surface area (Å²) in [4.78, 5) is 15.0. The summed E-state index contributed by atoms with van der Waals surface area (Å²) < 4.78 is 36.1. The van der Waals surface area contributed by atoms with Crippen LogP contribution in [-0.4, -0.2) is 51.0 Å². The van der Waals surface area contributed by atoms with Crippen molar-refractivity contribution in [3.05, 3.63) is 71.9 Å². The van der Waals surface area contributed by atoms with Gasteiger partial charge in [0.1, 0.15) is 23.2 Å². The van der Waals surface area contributed by atoms with Crippen molar-refractivity contribution in [3.63, 3.8) is 0 Å². The summed E-state index contributed by atoms with van der Waals surface area (Å²) in [6.07, 6.45) is 1.58. The van der Waals surface area contributed by atoms with Gasteiger partial charge in [0, 0.05) is 36.2 Å². The number of hydrogen-bond acceptors (Lipinski definition) is 7. The number of rotatable bonds is 5. The molecule has 0 atom stereocenters. The normalized spacial score (nSPS) is 13.8. The number of anilines is 3. The third kappa shape index (κ3) is 4.58. The lowest BCUT2D eigenvalue weighted by molar-refractivity contribution is 0.122. The van der Waals surface area contributed by atoms with Gasteiger partial charge in [-0.05, 0) is 56.3 Å². The molecule has 8 nitrogen and oxygen atoms in total. The molecule has 3 heterocycles. The Kier molecular flexibility index (Phi) is 5.89.